The van der Waals surface area contributed by atoms with Gasteiger partial charge < -0.3 is 9.84 Å². The van der Waals surface area contributed by atoms with Gasteiger partial charge in [-0.2, -0.15) is 0 Å². The minimum absolute atomic E-state index is 0.161. The summed E-state index contributed by atoms with van der Waals surface area (Å²) in [6, 6.07) is 3.84. The summed E-state index contributed by atoms with van der Waals surface area (Å²) in [6.45, 7) is 1.54. The van der Waals surface area contributed by atoms with Gasteiger partial charge in [-0.1, -0.05) is 6.07 Å². The van der Waals surface area contributed by atoms with Crippen molar-refractivity contribution in [2.45, 2.75) is 13.0 Å². The monoisotopic (exact) mass is 198 g/mol. The van der Waals surface area contributed by atoms with Gasteiger partial charge in [0.15, 0.2) is 0 Å². The maximum absolute atomic E-state index is 13.1. The Morgan fingerprint density at radius 1 is 1.57 bits per heavy atom. The largest absolute Gasteiger partial charge is 0.465 e. The van der Waals surface area contributed by atoms with E-state index in [-0.39, 0.29) is 5.56 Å². The van der Waals surface area contributed by atoms with E-state index in [2.05, 4.69) is 4.74 Å². The number of methoxy groups -OCH3 is 1. The van der Waals surface area contributed by atoms with E-state index >= 15 is 0 Å². The standard InChI is InChI=1S/C10H11FO3/c1-6(12)7-3-4-9(11)8(5-7)10(13)14-2/h3-6,12H,1-2H3. The molecule has 1 aromatic carbocycles. The quantitative estimate of drug-likeness (QED) is 0.735. The Balaban J connectivity index is 3.15. The van der Waals surface area contributed by atoms with Crippen LogP contribution in [0.2, 0.25) is 0 Å². The fraction of sp³-hybridized carbons (Fsp3) is 0.300. The number of aliphatic hydroxyl groups excluding tert-OH is 1. The van der Waals surface area contributed by atoms with E-state index in [1.165, 1.54) is 26.2 Å². The molecule has 0 heterocycles. The Hall–Kier alpha value is -1.42. The number of rotatable bonds is 2. The van der Waals surface area contributed by atoms with Gasteiger partial charge in [-0.25, -0.2) is 9.18 Å². The molecule has 1 unspecified atom stereocenters. The van der Waals surface area contributed by atoms with Crippen LogP contribution in [0.15, 0.2) is 18.2 Å². The van der Waals surface area contributed by atoms with Crippen LogP contribution in [0.1, 0.15) is 28.9 Å². The number of aliphatic hydroxyl groups is 1. The van der Waals surface area contributed by atoms with Crippen LogP contribution in [0.3, 0.4) is 0 Å². The van der Waals surface area contributed by atoms with Crippen molar-refractivity contribution in [2.24, 2.45) is 0 Å². The molecule has 4 heteroatoms. The van der Waals surface area contributed by atoms with Crippen molar-refractivity contribution in [3.8, 4) is 0 Å². The smallest absolute Gasteiger partial charge is 0.340 e. The molecule has 0 aromatic heterocycles. The predicted octanol–water partition coefficient (Wildman–Crippen LogP) is 1.67. The van der Waals surface area contributed by atoms with Crippen LogP contribution in [-0.4, -0.2) is 18.2 Å². The van der Waals surface area contributed by atoms with Crippen molar-refractivity contribution >= 4 is 5.97 Å². The normalized spacial score (nSPS) is 12.3. The molecule has 1 rings (SSSR count). The Bertz CT molecular complexity index is 347. The number of ether oxygens (including phenoxy) is 1. The van der Waals surface area contributed by atoms with Crippen molar-refractivity contribution in [2.75, 3.05) is 7.11 Å². The van der Waals surface area contributed by atoms with E-state index in [0.717, 1.165) is 6.07 Å². The highest BCUT2D eigenvalue weighted by molar-refractivity contribution is 5.89. The zero-order valence-corrected chi connectivity index (χ0v) is 7.95. The highest BCUT2D eigenvalue weighted by Crippen LogP contribution is 2.17. The predicted molar refractivity (Wildman–Crippen MR) is 48.4 cm³/mol. The van der Waals surface area contributed by atoms with Crippen molar-refractivity contribution in [1.82, 2.24) is 0 Å². The fourth-order valence-electron chi connectivity index (χ4n) is 1.07. The summed E-state index contributed by atoms with van der Waals surface area (Å²) >= 11 is 0. The SMILES string of the molecule is COC(=O)c1cc(C(C)O)ccc1F. The second-order valence-corrected chi connectivity index (χ2v) is 2.91. The van der Waals surface area contributed by atoms with Crippen LogP contribution < -0.4 is 0 Å². The van der Waals surface area contributed by atoms with Crippen LogP contribution in [-0.2, 0) is 4.74 Å². The lowest BCUT2D eigenvalue weighted by molar-refractivity contribution is 0.0595. The fourth-order valence-corrected chi connectivity index (χ4v) is 1.07. The third-order valence-electron chi connectivity index (χ3n) is 1.88. The minimum Gasteiger partial charge on any atom is -0.465 e. The first-order valence-corrected chi connectivity index (χ1v) is 4.12. The molecule has 0 aliphatic rings. The number of carbonyl (C=O) groups is 1. The average molecular weight is 198 g/mol. The van der Waals surface area contributed by atoms with Gasteiger partial charge in [-0.05, 0) is 24.6 Å². The van der Waals surface area contributed by atoms with E-state index < -0.39 is 17.9 Å². The molecule has 76 valence electrons. The lowest BCUT2D eigenvalue weighted by Gasteiger charge is -2.07. The molecule has 0 saturated carbocycles. The van der Waals surface area contributed by atoms with Gasteiger partial charge in [0.25, 0.3) is 0 Å². The number of carbonyl (C=O) groups excluding carboxylic acids is 1. The molecule has 0 fully saturated rings. The van der Waals surface area contributed by atoms with Crippen LogP contribution >= 0.6 is 0 Å². The van der Waals surface area contributed by atoms with Crippen LogP contribution in [0.25, 0.3) is 0 Å². The van der Waals surface area contributed by atoms with Gasteiger partial charge >= 0.3 is 5.97 Å². The van der Waals surface area contributed by atoms with Gasteiger partial charge in [0.1, 0.15) is 5.82 Å². The van der Waals surface area contributed by atoms with Crippen LogP contribution in [0.4, 0.5) is 4.39 Å². The van der Waals surface area contributed by atoms with E-state index in [4.69, 9.17) is 0 Å². The average Bonchev–Trinajstić information content (AvgIpc) is 2.17. The summed E-state index contributed by atoms with van der Waals surface area (Å²) in [5.41, 5.74) is 0.317. The van der Waals surface area contributed by atoms with Gasteiger partial charge in [-0.15, -0.1) is 0 Å². The van der Waals surface area contributed by atoms with E-state index in [1.807, 2.05) is 0 Å². The van der Waals surface area contributed by atoms with Crippen molar-refractivity contribution in [3.63, 3.8) is 0 Å². The molecule has 0 saturated heterocycles. The van der Waals surface area contributed by atoms with Crippen molar-refractivity contribution in [1.29, 1.82) is 0 Å². The van der Waals surface area contributed by atoms with E-state index in [9.17, 15) is 14.3 Å². The lowest BCUT2D eigenvalue weighted by Crippen LogP contribution is -2.06. The zero-order chi connectivity index (χ0) is 10.7. The Kier molecular flexibility index (Phi) is 3.19. The molecule has 0 spiro atoms. The second-order valence-electron chi connectivity index (χ2n) is 2.91. The highest BCUT2D eigenvalue weighted by atomic mass is 19.1. The number of halogens is 1. The summed E-state index contributed by atoms with van der Waals surface area (Å²) < 4.78 is 17.5. The van der Waals surface area contributed by atoms with E-state index in [0.29, 0.717) is 5.56 Å². The molecule has 3 nitrogen and oxygen atoms in total. The molecule has 0 aliphatic heterocycles. The molecule has 0 amide bonds. The molecular weight excluding hydrogens is 187 g/mol. The first-order chi connectivity index (χ1) is 6.56. The van der Waals surface area contributed by atoms with E-state index in [1.54, 1.807) is 0 Å². The molecule has 0 aliphatic carbocycles. The van der Waals surface area contributed by atoms with Crippen molar-refractivity contribution < 1.29 is 19.0 Å². The number of hydrogen-bond donors (Lipinski definition) is 1. The Morgan fingerprint density at radius 2 is 2.21 bits per heavy atom. The summed E-state index contributed by atoms with van der Waals surface area (Å²) in [4.78, 5) is 11.1. The Morgan fingerprint density at radius 3 is 2.71 bits per heavy atom. The molecular formula is C10H11FO3. The number of benzene rings is 1. The number of esters is 1. The molecule has 1 atom stereocenters. The van der Waals surface area contributed by atoms with Gasteiger partial charge in [0, 0.05) is 0 Å². The first-order valence-electron chi connectivity index (χ1n) is 4.12. The summed E-state index contributed by atoms with van der Waals surface area (Å²) in [5, 5.41) is 9.22. The van der Waals surface area contributed by atoms with Gasteiger partial charge in [-0.3, -0.25) is 0 Å². The maximum atomic E-state index is 13.1. The lowest BCUT2D eigenvalue weighted by atomic mass is 10.1. The first kappa shape index (κ1) is 10.7. The second kappa shape index (κ2) is 4.19. The summed E-state index contributed by atoms with van der Waals surface area (Å²) in [6.07, 6.45) is -0.737. The van der Waals surface area contributed by atoms with Gasteiger partial charge in [0.2, 0.25) is 0 Å². The molecule has 0 bridgehead atoms. The Labute approximate surface area is 81.1 Å². The van der Waals surface area contributed by atoms with Crippen LogP contribution in [0.5, 0.6) is 0 Å². The third-order valence-corrected chi connectivity index (χ3v) is 1.88. The van der Waals surface area contributed by atoms with Crippen molar-refractivity contribution in [3.05, 3.63) is 35.1 Å². The topological polar surface area (TPSA) is 46.5 Å². The third kappa shape index (κ3) is 2.09. The molecule has 0 radical (unpaired) electrons. The van der Waals surface area contributed by atoms with Crippen LogP contribution in [0, 0.1) is 5.82 Å². The molecule has 1 N–H and O–H groups in total. The minimum atomic E-state index is -0.745. The van der Waals surface area contributed by atoms with Gasteiger partial charge in [0.05, 0.1) is 18.8 Å². The highest BCUT2D eigenvalue weighted by Gasteiger charge is 2.13. The number of hydrogen-bond acceptors (Lipinski definition) is 3. The maximum Gasteiger partial charge on any atom is 0.340 e. The summed E-state index contributed by atoms with van der Waals surface area (Å²) in [5.74, 6) is -1.40. The zero-order valence-electron chi connectivity index (χ0n) is 7.95. The molecule has 14 heavy (non-hydrogen) atoms. The summed E-state index contributed by atoms with van der Waals surface area (Å²) in [7, 11) is 1.18. The molecule has 1 aromatic rings.